The van der Waals surface area contributed by atoms with Crippen molar-refractivity contribution in [3.63, 3.8) is 0 Å². The summed E-state index contributed by atoms with van der Waals surface area (Å²) in [6.07, 6.45) is 3.93. The fourth-order valence-electron chi connectivity index (χ4n) is 3.55. The fraction of sp³-hybridized carbons (Fsp3) is 0.304. The lowest BCUT2D eigenvalue weighted by atomic mass is 10.1. The van der Waals surface area contributed by atoms with Crippen LogP contribution in [0.2, 0.25) is 0 Å². The normalized spacial score (nSPS) is 16.2. The van der Waals surface area contributed by atoms with Crippen molar-refractivity contribution in [2.24, 2.45) is 0 Å². The first-order chi connectivity index (χ1) is 14.1. The number of hydrogen-bond donors (Lipinski definition) is 0. The van der Waals surface area contributed by atoms with Crippen LogP contribution >= 0.6 is 0 Å². The van der Waals surface area contributed by atoms with Crippen molar-refractivity contribution in [1.82, 2.24) is 9.88 Å². The van der Waals surface area contributed by atoms with Gasteiger partial charge in [-0.05, 0) is 49.6 Å². The van der Waals surface area contributed by atoms with E-state index in [2.05, 4.69) is 4.98 Å². The van der Waals surface area contributed by atoms with Gasteiger partial charge in [-0.2, -0.15) is 0 Å². The van der Waals surface area contributed by atoms with Crippen LogP contribution in [0, 0.1) is 12.7 Å². The molecule has 5 nitrogen and oxygen atoms in total. The summed E-state index contributed by atoms with van der Waals surface area (Å²) >= 11 is 0. The van der Waals surface area contributed by atoms with E-state index in [-0.39, 0.29) is 24.4 Å². The summed E-state index contributed by atoms with van der Waals surface area (Å²) in [6.45, 7) is 2.66. The summed E-state index contributed by atoms with van der Waals surface area (Å²) in [4.78, 5) is 18.9. The second-order valence-electron chi connectivity index (χ2n) is 7.31. The third kappa shape index (κ3) is 4.65. The molecule has 0 bridgehead atoms. The Labute approximate surface area is 169 Å². The van der Waals surface area contributed by atoms with Gasteiger partial charge in [0.1, 0.15) is 23.4 Å². The van der Waals surface area contributed by atoms with Gasteiger partial charge in [0.2, 0.25) is 5.89 Å². The highest BCUT2D eigenvalue weighted by Gasteiger charge is 2.33. The minimum absolute atomic E-state index is 0.0112. The average molecular weight is 394 g/mol. The molecule has 0 aliphatic carbocycles. The number of carbonyl (C=O) groups excluding carboxylic acids is 1. The van der Waals surface area contributed by atoms with Gasteiger partial charge >= 0.3 is 0 Å². The van der Waals surface area contributed by atoms with E-state index in [9.17, 15) is 9.18 Å². The molecule has 0 saturated carbocycles. The first-order valence-corrected chi connectivity index (χ1v) is 9.76. The topological polar surface area (TPSA) is 55.6 Å². The number of likely N-dealkylation sites (tertiary alicyclic amines) is 1. The summed E-state index contributed by atoms with van der Waals surface area (Å²) < 4.78 is 24.6. The molecule has 4 rings (SSSR count). The van der Waals surface area contributed by atoms with Crippen LogP contribution in [0.1, 0.15) is 41.7 Å². The Kier molecular flexibility index (Phi) is 5.60. The summed E-state index contributed by atoms with van der Waals surface area (Å²) in [7, 11) is 0. The number of hydrogen-bond acceptors (Lipinski definition) is 4. The molecule has 150 valence electrons. The predicted octanol–water partition coefficient (Wildman–Crippen LogP) is 4.46. The maximum Gasteiger partial charge on any atom is 0.261 e. The number of ether oxygens (including phenoxy) is 1. The number of aryl methyl sites for hydroxylation is 1. The quantitative estimate of drug-likeness (QED) is 0.620. The second kappa shape index (κ2) is 8.47. The van der Waals surface area contributed by atoms with Crippen molar-refractivity contribution < 1.29 is 18.3 Å². The molecule has 1 atom stereocenters. The Morgan fingerprint density at radius 2 is 1.97 bits per heavy atom. The Hall–Kier alpha value is -3.15. The number of aromatic nitrogens is 1. The molecular formula is C23H23FN2O3. The van der Waals surface area contributed by atoms with Gasteiger partial charge in [-0.3, -0.25) is 4.79 Å². The maximum absolute atomic E-state index is 13.1. The third-order valence-electron chi connectivity index (χ3n) is 5.10. The van der Waals surface area contributed by atoms with E-state index >= 15 is 0 Å². The maximum atomic E-state index is 13.1. The standard InChI is InChI=1S/C23H23FN2O3/c1-16-4-10-19(11-5-16)28-15-22(27)26-12-2-3-21(26)23-25-14-20(29-23)13-17-6-8-18(24)9-7-17/h4-11,14,21H,2-3,12-13,15H2,1H3. The molecule has 1 fully saturated rings. The fourth-order valence-corrected chi connectivity index (χ4v) is 3.55. The van der Waals surface area contributed by atoms with Crippen LogP contribution < -0.4 is 4.74 Å². The molecule has 0 N–H and O–H groups in total. The lowest BCUT2D eigenvalue weighted by Crippen LogP contribution is -2.34. The van der Waals surface area contributed by atoms with Gasteiger partial charge in [-0.15, -0.1) is 0 Å². The van der Waals surface area contributed by atoms with Crippen LogP contribution in [0.15, 0.2) is 59.1 Å². The summed E-state index contributed by atoms with van der Waals surface area (Å²) in [5, 5.41) is 0. The van der Waals surface area contributed by atoms with Crippen molar-refractivity contribution in [3.8, 4) is 5.75 Å². The molecule has 2 aromatic carbocycles. The van der Waals surface area contributed by atoms with Gasteiger partial charge in [0.05, 0.1) is 6.20 Å². The van der Waals surface area contributed by atoms with Gasteiger partial charge < -0.3 is 14.1 Å². The van der Waals surface area contributed by atoms with Crippen LogP contribution in [-0.2, 0) is 11.2 Å². The third-order valence-corrected chi connectivity index (χ3v) is 5.10. The molecule has 29 heavy (non-hydrogen) atoms. The van der Waals surface area contributed by atoms with Crippen molar-refractivity contribution in [2.75, 3.05) is 13.2 Å². The van der Waals surface area contributed by atoms with Crippen LogP contribution in [0.25, 0.3) is 0 Å². The monoisotopic (exact) mass is 394 g/mol. The van der Waals surface area contributed by atoms with E-state index in [1.807, 2.05) is 31.2 Å². The van der Waals surface area contributed by atoms with Crippen LogP contribution in [0.3, 0.4) is 0 Å². The second-order valence-corrected chi connectivity index (χ2v) is 7.31. The van der Waals surface area contributed by atoms with Crippen molar-refractivity contribution in [1.29, 1.82) is 0 Å². The zero-order valence-electron chi connectivity index (χ0n) is 16.3. The van der Waals surface area contributed by atoms with E-state index in [4.69, 9.17) is 9.15 Å². The molecule has 1 saturated heterocycles. The molecular weight excluding hydrogens is 371 g/mol. The van der Waals surface area contributed by atoms with Gasteiger partial charge in [-0.1, -0.05) is 29.8 Å². The largest absolute Gasteiger partial charge is 0.484 e. The molecule has 1 aliphatic heterocycles. The molecule has 0 spiro atoms. The van der Waals surface area contributed by atoms with Gasteiger partial charge in [-0.25, -0.2) is 9.37 Å². The highest BCUT2D eigenvalue weighted by molar-refractivity contribution is 5.78. The van der Waals surface area contributed by atoms with Crippen molar-refractivity contribution in [2.45, 2.75) is 32.2 Å². The lowest BCUT2D eigenvalue weighted by molar-refractivity contribution is -0.134. The molecule has 0 radical (unpaired) electrons. The number of rotatable bonds is 6. The van der Waals surface area contributed by atoms with E-state index in [1.165, 1.54) is 12.1 Å². The van der Waals surface area contributed by atoms with Gasteiger partial charge in [0.15, 0.2) is 6.61 Å². The number of benzene rings is 2. The molecule has 1 unspecified atom stereocenters. The highest BCUT2D eigenvalue weighted by Crippen LogP contribution is 2.32. The summed E-state index contributed by atoms with van der Waals surface area (Å²) in [6, 6.07) is 13.8. The predicted molar refractivity (Wildman–Crippen MR) is 106 cm³/mol. The Morgan fingerprint density at radius 1 is 1.21 bits per heavy atom. The summed E-state index contributed by atoms with van der Waals surface area (Å²) in [5.41, 5.74) is 2.09. The number of halogens is 1. The van der Waals surface area contributed by atoms with Gasteiger partial charge in [0.25, 0.3) is 5.91 Å². The van der Waals surface area contributed by atoms with Crippen LogP contribution in [-0.4, -0.2) is 28.9 Å². The first-order valence-electron chi connectivity index (χ1n) is 9.76. The van der Waals surface area contributed by atoms with E-state index < -0.39 is 0 Å². The zero-order valence-corrected chi connectivity index (χ0v) is 16.3. The van der Waals surface area contributed by atoms with Crippen molar-refractivity contribution in [3.05, 3.63) is 83.3 Å². The van der Waals surface area contributed by atoms with E-state index in [1.54, 1.807) is 23.2 Å². The zero-order chi connectivity index (χ0) is 20.2. The smallest absolute Gasteiger partial charge is 0.261 e. The van der Waals surface area contributed by atoms with Crippen molar-refractivity contribution >= 4 is 5.91 Å². The molecule has 1 aromatic heterocycles. The number of amides is 1. The van der Waals surface area contributed by atoms with Crippen LogP contribution in [0.4, 0.5) is 4.39 Å². The average Bonchev–Trinajstić information content (AvgIpc) is 3.38. The lowest BCUT2D eigenvalue weighted by Gasteiger charge is -2.22. The number of oxazole rings is 1. The van der Waals surface area contributed by atoms with Crippen LogP contribution in [0.5, 0.6) is 5.75 Å². The molecule has 2 heterocycles. The number of nitrogens with zero attached hydrogens (tertiary/aromatic N) is 2. The summed E-state index contributed by atoms with van der Waals surface area (Å²) in [5.74, 6) is 1.58. The highest BCUT2D eigenvalue weighted by atomic mass is 19.1. The minimum Gasteiger partial charge on any atom is -0.484 e. The Morgan fingerprint density at radius 3 is 2.72 bits per heavy atom. The van der Waals surface area contributed by atoms with E-state index in [0.29, 0.717) is 30.4 Å². The minimum atomic E-state index is -0.264. The van der Waals surface area contributed by atoms with E-state index in [0.717, 1.165) is 24.0 Å². The number of carbonyl (C=O) groups is 1. The van der Waals surface area contributed by atoms with Gasteiger partial charge in [0, 0.05) is 13.0 Å². The first kappa shape index (κ1) is 19.2. The molecule has 1 aliphatic rings. The Bertz CT molecular complexity index is 967. The molecule has 6 heteroatoms. The Balaban J connectivity index is 1.38. The SMILES string of the molecule is Cc1ccc(OCC(=O)N2CCCC2c2ncc(Cc3ccc(F)cc3)o2)cc1. The molecule has 3 aromatic rings. The molecule has 1 amide bonds.